The number of nitrogens with one attached hydrogen (secondary N) is 1. The lowest BCUT2D eigenvalue weighted by Gasteiger charge is -2.12. The third-order valence-corrected chi connectivity index (χ3v) is 3.51. The molecule has 9 heteroatoms. The topological polar surface area (TPSA) is 106 Å². The highest BCUT2D eigenvalue weighted by Gasteiger charge is 2.15. The summed E-state index contributed by atoms with van der Waals surface area (Å²) in [5.41, 5.74) is 3.24. The van der Waals surface area contributed by atoms with Crippen LogP contribution in [0, 0.1) is 10.1 Å². The summed E-state index contributed by atoms with van der Waals surface area (Å²) in [6, 6.07) is 11.5. The quantitative estimate of drug-likeness (QED) is 0.432. The molecule has 1 N–H and O–H groups in total. The van der Waals surface area contributed by atoms with Crippen LogP contribution < -0.4 is 19.8 Å². The number of nitro benzene ring substituents is 1. The second-order valence-corrected chi connectivity index (χ2v) is 5.66. The summed E-state index contributed by atoms with van der Waals surface area (Å²) < 4.78 is 10.4. The molecule has 9 nitrogen and oxygen atoms in total. The van der Waals surface area contributed by atoms with E-state index in [1.54, 1.807) is 62.5 Å². The van der Waals surface area contributed by atoms with Gasteiger partial charge in [-0.25, -0.2) is 5.43 Å². The summed E-state index contributed by atoms with van der Waals surface area (Å²) in [6.07, 6.45) is 1.33. The first-order valence-electron chi connectivity index (χ1n) is 7.95. The molecule has 2 aromatic rings. The van der Waals surface area contributed by atoms with Crippen molar-refractivity contribution < 1.29 is 19.2 Å². The predicted molar refractivity (Wildman–Crippen MR) is 102 cm³/mol. The fraction of sp³-hybridized carbons (Fsp3) is 0.222. The molecule has 0 aliphatic heterocycles. The van der Waals surface area contributed by atoms with E-state index in [9.17, 15) is 14.9 Å². The molecule has 0 heterocycles. The number of anilines is 1. The maximum atomic E-state index is 11.8. The summed E-state index contributed by atoms with van der Waals surface area (Å²) in [6.45, 7) is -0.219. The maximum absolute atomic E-state index is 11.8. The van der Waals surface area contributed by atoms with Crippen LogP contribution >= 0.6 is 0 Å². The molecule has 0 bridgehead atoms. The van der Waals surface area contributed by atoms with Crippen LogP contribution in [-0.4, -0.2) is 44.9 Å². The summed E-state index contributed by atoms with van der Waals surface area (Å²) >= 11 is 0. The number of nitro groups is 1. The summed E-state index contributed by atoms with van der Waals surface area (Å²) in [7, 11) is 5.00. The molecule has 0 spiro atoms. The number of amides is 1. The van der Waals surface area contributed by atoms with Crippen molar-refractivity contribution in [3.63, 3.8) is 0 Å². The molecule has 0 saturated heterocycles. The fourth-order valence-corrected chi connectivity index (χ4v) is 2.18. The first kappa shape index (κ1) is 19.7. The Kier molecular flexibility index (Phi) is 6.70. The van der Waals surface area contributed by atoms with Gasteiger partial charge in [0.1, 0.15) is 17.2 Å². The number of hydrogen-bond acceptors (Lipinski definition) is 7. The Bertz CT molecular complexity index is 834. The molecule has 1 amide bonds. The molecule has 27 heavy (non-hydrogen) atoms. The van der Waals surface area contributed by atoms with E-state index in [0.717, 1.165) is 0 Å². The number of nitrogens with zero attached hydrogens (tertiary/aromatic N) is 3. The maximum Gasteiger partial charge on any atom is 0.293 e. The van der Waals surface area contributed by atoms with Gasteiger partial charge in [0.25, 0.3) is 11.6 Å². The molecular weight excluding hydrogens is 352 g/mol. The molecule has 0 aliphatic carbocycles. The van der Waals surface area contributed by atoms with Gasteiger partial charge in [0.2, 0.25) is 0 Å². The Morgan fingerprint density at radius 2 is 1.89 bits per heavy atom. The van der Waals surface area contributed by atoms with Crippen LogP contribution in [0.15, 0.2) is 47.6 Å². The zero-order valence-electron chi connectivity index (χ0n) is 15.2. The van der Waals surface area contributed by atoms with Gasteiger partial charge < -0.3 is 14.4 Å². The van der Waals surface area contributed by atoms with E-state index < -0.39 is 10.8 Å². The Labute approximate surface area is 156 Å². The smallest absolute Gasteiger partial charge is 0.293 e. The number of benzene rings is 2. The van der Waals surface area contributed by atoms with Gasteiger partial charge in [-0.3, -0.25) is 14.9 Å². The number of methoxy groups -OCH3 is 1. The van der Waals surface area contributed by atoms with E-state index in [1.807, 2.05) is 0 Å². The molecule has 0 radical (unpaired) electrons. The average Bonchev–Trinajstić information content (AvgIpc) is 2.66. The SMILES string of the molecule is COc1ccc(OCC(=O)N/N=C\c2ccc(N(C)C)c([N+](=O)[O-])c2)cc1. The van der Waals surface area contributed by atoms with Gasteiger partial charge in [0, 0.05) is 25.7 Å². The van der Waals surface area contributed by atoms with Gasteiger partial charge in [-0.2, -0.15) is 5.10 Å². The van der Waals surface area contributed by atoms with Gasteiger partial charge in [-0.1, -0.05) is 6.07 Å². The van der Waals surface area contributed by atoms with Crippen LogP contribution in [0.4, 0.5) is 11.4 Å². The number of ether oxygens (including phenoxy) is 2. The average molecular weight is 372 g/mol. The largest absolute Gasteiger partial charge is 0.497 e. The minimum atomic E-state index is -0.464. The number of hydrogen-bond donors (Lipinski definition) is 1. The Balaban J connectivity index is 1.91. The van der Waals surface area contributed by atoms with E-state index in [4.69, 9.17) is 9.47 Å². The second-order valence-electron chi connectivity index (χ2n) is 5.66. The van der Waals surface area contributed by atoms with Crippen molar-refractivity contribution >= 4 is 23.5 Å². The van der Waals surface area contributed by atoms with Gasteiger partial charge >= 0.3 is 0 Å². The monoisotopic (exact) mass is 372 g/mol. The lowest BCUT2D eigenvalue weighted by molar-refractivity contribution is -0.384. The van der Waals surface area contributed by atoms with Crippen LogP contribution in [-0.2, 0) is 4.79 Å². The summed E-state index contributed by atoms with van der Waals surface area (Å²) in [5.74, 6) is 0.747. The zero-order valence-corrected chi connectivity index (χ0v) is 15.2. The van der Waals surface area contributed by atoms with Crippen LogP contribution in [0.1, 0.15) is 5.56 Å². The van der Waals surface area contributed by atoms with Crippen molar-refractivity contribution in [3.05, 3.63) is 58.1 Å². The molecule has 2 aromatic carbocycles. The van der Waals surface area contributed by atoms with Crippen LogP contribution in [0.2, 0.25) is 0 Å². The molecule has 0 saturated carbocycles. The molecular formula is C18H20N4O5. The van der Waals surface area contributed by atoms with Gasteiger partial charge in [-0.05, 0) is 30.3 Å². The molecule has 0 aromatic heterocycles. The molecule has 0 atom stereocenters. The third-order valence-electron chi connectivity index (χ3n) is 3.51. The van der Waals surface area contributed by atoms with E-state index >= 15 is 0 Å². The highest BCUT2D eigenvalue weighted by atomic mass is 16.6. The fourth-order valence-electron chi connectivity index (χ4n) is 2.18. The first-order valence-corrected chi connectivity index (χ1v) is 7.95. The highest BCUT2D eigenvalue weighted by molar-refractivity contribution is 5.85. The van der Waals surface area contributed by atoms with E-state index in [2.05, 4.69) is 10.5 Å². The second kappa shape index (κ2) is 9.18. The molecule has 142 valence electrons. The van der Waals surface area contributed by atoms with E-state index in [-0.39, 0.29) is 12.3 Å². The molecule has 0 unspecified atom stereocenters. The standard InChI is InChI=1S/C18H20N4O5/c1-21(2)16-9-4-13(10-17(16)22(24)25)11-19-20-18(23)12-27-15-7-5-14(26-3)6-8-15/h4-11H,12H2,1-3H3,(H,20,23)/b19-11-. The Morgan fingerprint density at radius 1 is 1.22 bits per heavy atom. The van der Waals surface area contributed by atoms with Crippen molar-refractivity contribution in [1.82, 2.24) is 5.43 Å². The highest BCUT2D eigenvalue weighted by Crippen LogP contribution is 2.27. The summed E-state index contributed by atoms with van der Waals surface area (Å²) in [4.78, 5) is 24.1. The number of rotatable bonds is 8. The first-order chi connectivity index (χ1) is 12.9. The van der Waals surface area contributed by atoms with Crippen molar-refractivity contribution in [2.75, 3.05) is 32.7 Å². The van der Waals surface area contributed by atoms with Gasteiger partial charge in [-0.15, -0.1) is 0 Å². The predicted octanol–water partition coefficient (Wildman–Crippen LogP) is 2.20. The van der Waals surface area contributed by atoms with Gasteiger partial charge in [0.15, 0.2) is 6.61 Å². The zero-order chi connectivity index (χ0) is 19.8. The van der Waals surface area contributed by atoms with E-state index in [1.165, 1.54) is 12.3 Å². The summed E-state index contributed by atoms with van der Waals surface area (Å²) in [5, 5.41) is 15.0. The Hall–Kier alpha value is -3.62. The van der Waals surface area contributed by atoms with Crippen LogP contribution in [0.5, 0.6) is 11.5 Å². The van der Waals surface area contributed by atoms with Crippen LogP contribution in [0.25, 0.3) is 0 Å². The van der Waals surface area contributed by atoms with Crippen molar-refractivity contribution in [2.24, 2.45) is 5.10 Å². The number of hydrazone groups is 1. The van der Waals surface area contributed by atoms with Crippen molar-refractivity contribution in [3.8, 4) is 11.5 Å². The van der Waals surface area contributed by atoms with Crippen molar-refractivity contribution in [2.45, 2.75) is 0 Å². The van der Waals surface area contributed by atoms with Crippen molar-refractivity contribution in [1.29, 1.82) is 0 Å². The van der Waals surface area contributed by atoms with E-state index in [0.29, 0.717) is 22.7 Å². The molecule has 0 aliphatic rings. The van der Waals surface area contributed by atoms with Crippen LogP contribution in [0.3, 0.4) is 0 Å². The minimum absolute atomic E-state index is 0.0434. The lowest BCUT2D eigenvalue weighted by atomic mass is 10.2. The number of carbonyl (C=O) groups is 1. The lowest BCUT2D eigenvalue weighted by Crippen LogP contribution is -2.24. The molecule has 2 rings (SSSR count). The molecule has 0 fully saturated rings. The van der Waals surface area contributed by atoms with Gasteiger partial charge in [0.05, 0.1) is 18.2 Å². The third kappa shape index (κ3) is 5.70. The Morgan fingerprint density at radius 3 is 2.48 bits per heavy atom. The normalized spacial score (nSPS) is 10.5. The minimum Gasteiger partial charge on any atom is -0.497 e. The number of carbonyl (C=O) groups excluding carboxylic acids is 1.